The Morgan fingerprint density at radius 3 is 2.33 bits per heavy atom. The number of hydrogen-bond acceptors (Lipinski definition) is 1. The molecule has 2 aromatic carbocycles. The second kappa shape index (κ2) is 5.45. The molecule has 1 N–H and O–H groups in total. The van der Waals surface area contributed by atoms with Gasteiger partial charge in [-0.05, 0) is 36.2 Å². The predicted octanol–water partition coefficient (Wildman–Crippen LogP) is 3.90. The van der Waals surface area contributed by atoms with Crippen molar-refractivity contribution in [3.05, 3.63) is 70.2 Å². The zero-order chi connectivity index (χ0) is 15.0. The SMILES string of the molecule is O=C(N[C@@H]1C[C@@H]1c1ccc(Cl)cc1)c1c(F)cccc1F. The van der Waals surface area contributed by atoms with Gasteiger partial charge in [0.2, 0.25) is 0 Å². The van der Waals surface area contributed by atoms with E-state index in [1.165, 1.54) is 6.07 Å². The van der Waals surface area contributed by atoms with Gasteiger partial charge in [0.25, 0.3) is 5.91 Å². The molecular weight excluding hydrogens is 296 g/mol. The molecule has 1 amide bonds. The van der Waals surface area contributed by atoms with E-state index in [4.69, 9.17) is 11.6 Å². The zero-order valence-electron chi connectivity index (χ0n) is 10.9. The van der Waals surface area contributed by atoms with E-state index in [9.17, 15) is 13.6 Å². The van der Waals surface area contributed by atoms with Crippen LogP contribution >= 0.6 is 11.6 Å². The van der Waals surface area contributed by atoms with Gasteiger partial charge < -0.3 is 5.32 Å². The Labute approximate surface area is 125 Å². The Kier molecular flexibility index (Phi) is 3.64. The molecule has 1 saturated carbocycles. The summed E-state index contributed by atoms with van der Waals surface area (Å²) < 4.78 is 27.0. The average Bonchev–Trinajstić information content (AvgIpc) is 3.18. The predicted molar refractivity (Wildman–Crippen MR) is 76.4 cm³/mol. The molecule has 0 spiro atoms. The molecule has 0 aromatic heterocycles. The molecule has 108 valence electrons. The van der Waals surface area contributed by atoms with Crippen molar-refractivity contribution in [1.82, 2.24) is 5.32 Å². The number of carbonyl (C=O) groups excluding carboxylic acids is 1. The van der Waals surface area contributed by atoms with Gasteiger partial charge in [-0.2, -0.15) is 0 Å². The van der Waals surface area contributed by atoms with Crippen molar-refractivity contribution in [3.8, 4) is 0 Å². The normalized spacial score (nSPS) is 20.1. The van der Waals surface area contributed by atoms with Crippen molar-refractivity contribution in [3.63, 3.8) is 0 Å². The molecule has 21 heavy (non-hydrogen) atoms. The van der Waals surface area contributed by atoms with Gasteiger partial charge in [0.05, 0.1) is 0 Å². The Balaban J connectivity index is 1.69. The smallest absolute Gasteiger partial charge is 0.257 e. The van der Waals surface area contributed by atoms with Crippen LogP contribution in [0.25, 0.3) is 0 Å². The highest BCUT2D eigenvalue weighted by atomic mass is 35.5. The first-order chi connectivity index (χ1) is 10.1. The third-order valence-electron chi connectivity index (χ3n) is 3.59. The molecular formula is C16H12ClF2NO. The molecule has 2 nitrogen and oxygen atoms in total. The fourth-order valence-corrected chi connectivity index (χ4v) is 2.51. The molecule has 1 aliphatic rings. The van der Waals surface area contributed by atoms with Gasteiger partial charge in [-0.1, -0.05) is 29.8 Å². The van der Waals surface area contributed by atoms with Crippen LogP contribution in [0.5, 0.6) is 0 Å². The number of hydrogen-bond donors (Lipinski definition) is 1. The van der Waals surface area contributed by atoms with Gasteiger partial charge in [-0.15, -0.1) is 0 Å². The summed E-state index contributed by atoms with van der Waals surface area (Å²) in [5.74, 6) is -2.25. The highest BCUT2D eigenvalue weighted by Gasteiger charge is 2.40. The summed E-state index contributed by atoms with van der Waals surface area (Å²) >= 11 is 5.82. The third-order valence-corrected chi connectivity index (χ3v) is 3.85. The van der Waals surface area contributed by atoms with Gasteiger partial charge in [0, 0.05) is 17.0 Å². The quantitative estimate of drug-likeness (QED) is 0.915. The maximum atomic E-state index is 13.5. The van der Waals surface area contributed by atoms with Gasteiger partial charge in [0.15, 0.2) is 0 Å². The minimum atomic E-state index is -0.851. The van der Waals surface area contributed by atoms with E-state index in [1.54, 1.807) is 12.1 Å². The molecule has 0 heterocycles. The van der Waals surface area contributed by atoms with Crippen LogP contribution in [0, 0.1) is 11.6 Å². The van der Waals surface area contributed by atoms with E-state index in [0.717, 1.165) is 24.1 Å². The summed E-state index contributed by atoms with van der Waals surface area (Å²) in [6.07, 6.45) is 0.753. The average molecular weight is 308 g/mol. The first-order valence-corrected chi connectivity index (χ1v) is 6.94. The molecule has 0 unspecified atom stereocenters. The molecule has 3 rings (SSSR count). The maximum absolute atomic E-state index is 13.5. The van der Waals surface area contributed by atoms with E-state index in [1.807, 2.05) is 12.1 Å². The lowest BCUT2D eigenvalue weighted by Crippen LogP contribution is -2.28. The number of rotatable bonds is 3. The van der Waals surface area contributed by atoms with Crippen molar-refractivity contribution >= 4 is 17.5 Å². The lowest BCUT2D eigenvalue weighted by atomic mass is 10.1. The largest absolute Gasteiger partial charge is 0.348 e. The van der Waals surface area contributed by atoms with Crippen LogP contribution in [0.1, 0.15) is 28.3 Å². The molecule has 2 aromatic rings. The zero-order valence-corrected chi connectivity index (χ0v) is 11.7. The summed E-state index contributed by atoms with van der Waals surface area (Å²) in [4.78, 5) is 12.0. The lowest BCUT2D eigenvalue weighted by Gasteiger charge is -2.07. The summed E-state index contributed by atoms with van der Waals surface area (Å²) in [7, 11) is 0. The van der Waals surface area contributed by atoms with E-state index >= 15 is 0 Å². The second-order valence-corrected chi connectivity index (χ2v) is 5.51. The lowest BCUT2D eigenvalue weighted by molar-refractivity contribution is 0.0942. The highest BCUT2D eigenvalue weighted by Crippen LogP contribution is 2.41. The number of carbonyl (C=O) groups is 1. The van der Waals surface area contributed by atoms with Crippen LogP contribution in [0.2, 0.25) is 5.02 Å². The van der Waals surface area contributed by atoms with Crippen LogP contribution in [-0.2, 0) is 0 Å². The van der Waals surface area contributed by atoms with Gasteiger partial charge >= 0.3 is 0 Å². The van der Waals surface area contributed by atoms with Crippen molar-refractivity contribution < 1.29 is 13.6 Å². The summed E-state index contributed by atoms with van der Waals surface area (Å²) in [6, 6.07) is 10.6. The fourth-order valence-electron chi connectivity index (χ4n) is 2.39. The molecule has 2 atom stereocenters. The van der Waals surface area contributed by atoms with E-state index < -0.39 is 23.1 Å². The van der Waals surface area contributed by atoms with Crippen molar-refractivity contribution in [2.24, 2.45) is 0 Å². The Morgan fingerprint density at radius 1 is 1.10 bits per heavy atom. The van der Waals surface area contributed by atoms with Crippen molar-refractivity contribution in [2.75, 3.05) is 0 Å². The Bertz CT molecular complexity index is 667. The molecule has 5 heteroatoms. The fraction of sp³-hybridized carbons (Fsp3) is 0.188. The van der Waals surface area contributed by atoms with Gasteiger partial charge in [-0.25, -0.2) is 8.78 Å². The molecule has 1 aliphatic carbocycles. The maximum Gasteiger partial charge on any atom is 0.257 e. The Morgan fingerprint density at radius 2 is 1.71 bits per heavy atom. The first kappa shape index (κ1) is 14.0. The summed E-state index contributed by atoms with van der Waals surface area (Å²) in [5.41, 5.74) is 0.526. The van der Waals surface area contributed by atoms with E-state index in [2.05, 4.69) is 5.32 Å². The number of nitrogens with one attached hydrogen (secondary N) is 1. The Hall–Kier alpha value is -1.94. The van der Waals surface area contributed by atoms with Crippen LogP contribution in [0.15, 0.2) is 42.5 Å². The second-order valence-electron chi connectivity index (χ2n) is 5.07. The summed E-state index contributed by atoms with van der Waals surface area (Å²) in [5, 5.41) is 3.31. The molecule has 0 bridgehead atoms. The van der Waals surface area contributed by atoms with E-state index in [0.29, 0.717) is 5.02 Å². The topological polar surface area (TPSA) is 29.1 Å². The number of halogens is 3. The minimum Gasteiger partial charge on any atom is -0.348 e. The standard InChI is InChI=1S/C16H12ClF2NO/c17-10-6-4-9(5-7-10)11-8-14(11)20-16(21)15-12(18)2-1-3-13(15)19/h1-7,11,14H,8H2,(H,20,21)/t11-,14-/m1/s1. The molecule has 0 radical (unpaired) electrons. The first-order valence-electron chi connectivity index (χ1n) is 6.56. The van der Waals surface area contributed by atoms with Crippen molar-refractivity contribution in [2.45, 2.75) is 18.4 Å². The monoisotopic (exact) mass is 307 g/mol. The minimum absolute atomic E-state index is 0.0994. The van der Waals surface area contributed by atoms with Crippen LogP contribution in [-0.4, -0.2) is 11.9 Å². The van der Waals surface area contributed by atoms with Crippen molar-refractivity contribution in [1.29, 1.82) is 0 Å². The van der Waals surface area contributed by atoms with Gasteiger partial charge in [0.1, 0.15) is 17.2 Å². The summed E-state index contributed by atoms with van der Waals surface area (Å²) in [6.45, 7) is 0. The van der Waals surface area contributed by atoms with Crippen LogP contribution in [0.4, 0.5) is 8.78 Å². The third kappa shape index (κ3) is 2.90. The molecule has 0 saturated heterocycles. The van der Waals surface area contributed by atoms with Gasteiger partial charge in [-0.3, -0.25) is 4.79 Å². The van der Waals surface area contributed by atoms with Crippen LogP contribution in [0.3, 0.4) is 0 Å². The highest BCUT2D eigenvalue weighted by molar-refractivity contribution is 6.30. The van der Waals surface area contributed by atoms with Crippen LogP contribution < -0.4 is 5.32 Å². The van der Waals surface area contributed by atoms with E-state index in [-0.39, 0.29) is 12.0 Å². The molecule has 0 aliphatic heterocycles. The number of benzene rings is 2. The number of amides is 1. The molecule has 1 fully saturated rings.